The van der Waals surface area contributed by atoms with Crippen molar-refractivity contribution < 1.29 is 9.47 Å². The van der Waals surface area contributed by atoms with Crippen molar-refractivity contribution in [1.29, 1.82) is 0 Å². The van der Waals surface area contributed by atoms with Gasteiger partial charge in [-0.2, -0.15) is 0 Å². The maximum Gasteiger partial charge on any atom is 0.133 e. The SMILES string of the molecule is Cc1cc(OC[C@@H]2CO2)c(Br)cc1Br. The molecule has 2 nitrogen and oxygen atoms in total. The fraction of sp³-hybridized carbons (Fsp3) is 0.400. The molecule has 0 N–H and O–H groups in total. The van der Waals surface area contributed by atoms with E-state index in [1.165, 1.54) is 5.56 Å². The number of hydrogen-bond donors (Lipinski definition) is 0. The van der Waals surface area contributed by atoms with Crippen molar-refractivity contribution >= 4 is 31.9 Å². The van der Waals surface area contributed by atoms with Crippen LogP contribution in [-0.2, 0) is 4.74 Å². The Morgan fingerprint density at radius 1 is 1.43 bits per heavy atom. The predicted molar refractivity (Wildman–Crippen MR) is 61.8 cm³/mol. The van der Waals surface area contributed by atoms with Crippen LogP contribution in [0.25, 0.3) is 0 Å². The van der Waals surface area contributed by atoms with Crippen molar-refractivity contribution in [3.8, 4) is 5.75 Å². The Labute approximate surface area is 99.8 Å². The highest BCUT2D eigenvalue weighted by atomic mass is 79.9. The molecule has 14 heavy (non-hydrogen) atoms. The Bertz CT molecular complexity index is 348. The first kappa shape index (κ1) is 10.5. The van der Waals surface area contributed by atoms with Crippen molar-refractivity contribution in [3.63, 3.8) is 0 Å². The van der Waals surface area contributed by atoms with Gasteiger partial charge in [-0.15, -0.1) is 0 Å². The summed E-state index contributed by atoms with van der Waals surface area (Å²) in [6.45, 7) is 3.50. The fourth-order valence-corrected chi connectivity index (χ4v) is 2.20. The molecule has 0 radical (unpaired) electrons. The molecule has 1 aliphatic rings. The van der Waals surface area contributed by atoms with Crippen molar-refractivity contribution in [2.75, 3.05) is 13.2 Å². The van der Waals surface area contributed by atoms with E-state index in [0.29, 0.717) is 12.7 Å². The second-order valence-corrected chi connectivity index (χ2v) is 5.01. The summed E-state index contributed by atoms with van der Waals surface area (Å²) in [5.41, 5.74) is 1.17. The molecule has 0 saturated carbocycles. The third kappa shape index (κ3) is 2.49. The fourth-order valence-electron chi connectivity index (χ4n) is 1.09. The Kier molecular flexibility index (Phi) is 3.14. The minimum absolute atomic E-state index is 0.297. The smallest absolute Gasteiger partial charge is 0.133 e. The largest absolute Gasteiger partial charge is 0.490 e. The van der Waals surface area contributed by atoms with Gasteiger partial charge in [0.2, 0.25) is 0 Å². The molecule has 1 fully saturated rings. The van der Waals surface area contributed by atoms with Gasteiger partial charge in [-0.05, 0) is 40.5 Å². The van der Waals surface area contributed by atoms with E-state index in [1.807, 2.05) is 19.1 Å². The minimum atomic E-state index is 0.297. The average Bonchev–Trinajstić information content (AvgIpc) is 2.92. The molecule has 1 heterocycles. The van der Waals surface area contributed by atoms with Gasteiger partial charge in [-0.3, -0.25) is 0 Å². The van der Waals surface area contributed by atoms with Crippen LogP contribution in [0.1, 0.15) is 5.56 Å². The number of hydrogen-bond acceptors (Lipinski definition) is 2. The number of aryl methyl sites for hydroxylation is 1. The number of ether oxygens (including phenoxy) is 2. The summed E-state index contributed by atoms with van der Waals surface area (Å²) < 4.78 is 12.7. The lowest BCUT2D eigenvalue weighted by atomic mass is 10.2. The molecule has 1 aromatic carbocycles. The van der Waals surface area contributed by atoms with E-state index in [0.717, 1.165) is 21.3 Å². The molecule has 0 aromatic heterocycles. The molecule has 0 bridgehead atoms. The molecule has 1 atom stereocenters. The number of benzene rings is 1. The number of epoxide rings is 1. The molecule has 1 saturated heterocycles. The van der Waals surface area contributed by atoms with Gasteiger partial charge in [0.05, 0.1) is 11.1 Å². The van der Waals surface area contributed by atoms with E-state index in [9.17, 15) is 0 Å². The highest BCUT2D eigenvalue weighted by Gasteiger charge is 2.23. The van der Waals surface area contributed by atoms with Gasteiger partial charge in [0.15, 0.2) is 0 Å². The van der Waals surface area contributed by atoms with E-state index >= 15 is 0 Å². The Hall–Kier alpha value is -0.0600. The van der Waals surface area contributed by atoms with Gasteiger partial charge in [0.25, 0.3) is 0 Å². The van der Waals surface area contributed by atoms with Crippen molar-refractivity contribution in [3.05, 3.63) is 26.6 Å². The summed E-state index contributed by atoms with van der Waals surface area (Å²) in [5, 5.41) is 0. The Morgan fingerprint density at radius 2 is 2.14 bits per heavy atom. The van der Waals surface area contributed by atoms with Crippen LogP contribution >= 0.6 is 31.9 Å². The zero-order valence-corrected chi connectivity index (χ0v) is 10.9. The highest BCUT2D eigenvalue weighted by Crippen LogP contribution is 2.31. The number of halogens is 2. The normalized spacial score (nSPS) is 19.5. The summed E-state index contributed by atoms with van der Waals surface area (Å²) >= 11 is 6.92. The van der Waals surface area contributed by atoms with E-state index in [2.05, 4.69) is 31.9 Å². The lowest BCUT2D eigenvalue weighted by molar-refractivity contribution is 0.261. The van der Waals surface area contributed by atoms with Gasteiger partial charge >= 0.3 is 0 Å². The van der Waals surface area contributed by atoms with Crippen LogP contribution in [0, 0.1) is 6.92 Å². The van der Waals surface area contributed by atoms with Gasteiger partial charge in [-0.25, -0.2) is 0 Å². The molecule has 0 spiro atoms. The van der Waals surface area contributed by atoms with Crippen LogP contribution in [0.3, 0.4) is 0 Å². The zero-order valence-electron chi connectivity index (χ0n) is 7.72. The predicted octanol–water partition coefficient (Wildman–Crippen LogP) is 3.30. The van der Waals surface area contributed by atoms with Crippen molar-refractivity contribution in [2.24, 2.45) is 0 Å². The van der Waals surface area contributed by atoms with Crippen LogP contribution in [0.5, 0.6) is 5.75 Å². The molecule has 1 aliphatic heterocycles. The summed E-state index contributed by atoms with van der Waals surface area (Å²) in [5.74, 6) is 0.876. The van der Waals surface area contributed by atoms with Crippen LogP contribution in [-0.4, -0.2) is 19.3 Å². The summed E-state index contributed by atoms with van der Waals surface area (Å²) in [4.78, 5) is 0. The molecule has 4 heteroatoms. The maximum atomic E-state index is 5.60. The second-order valence-electron chi connectivity index (χ2n) is 3.30. The monoisotopic (exact) mass is 320 g/mol. The molecular weight excluding hydrogens is 312 g/mol. The molecule has 0 unspecified atom stereocenters. The minimum Gasteiger partial charge on any atom is -0.490 e. The van der Waals surface area contributed by atoms with Gasteiger partial charge in [0.1, 0.15) is 18.5 Å². The first-order chi connectivity index (χ1) is 6.66. The van der Waals surface area contributed by atoms with Crippen molar-refractivity contribution in [2.45, 2.75) is 13.0 Å². The molecule has 0 aliphatic carbocycles. The molecular formula is C10H10Br2O2. The van der Waals surface area contributed by atoms with Crippen LogP contribution in [0.2, 0.25) is 0 Å². The Morgan fingerprint density at radius 3 is 2.79 bits per heavy atom. The zero-order chi connectivity index (χ0) is 10.1. The van der Waals surface area contributed by atoms with E-state index in [1.54, 1.807) is 0 Å². The first-order valence-corrected chi connectivity index (χ1v) is 5.95. The standard InChI is InChI=1S/C10H10Br2O2/c1-6-2-10(9(12)3-8(6)11)14-5-7-4-13-7/h2-3,7H,4-5H2,1H3/t7-/m0/s1. The van der Waals surface area contributed by atoms with Crippen LogP contribution in [0.4, 0.5) is 0 Å². The molecule has 0 amide bonds. The summed E-state index contributed by atoms with van der Waals surface area (Å²) in [6.07, 6.45) is 0.297. The number of rotatable bonds is 3. The quantitative estimate of drug-likeness (QED) is 0.797. The second kappa shape index (κ2) is 4.21. The Balaban J connectivity index is 2.10. The lowest BCUT2D eigenvalue weighted by Crippen LogP contribution is -2.04. The maximum absolute atomic E-state index is 5.60. The van der Waals surface area contributed by atoms with E-state index in [-0.39, 0.29) is 0 Å². The summed E-state index contributed by atoms with van der Waals surface area (Å²) in [6, 6.07) is 4.01. The highest BCUT2D eigenvalue weighted by molar-refractivity contribution is 9.11. The lowest BCUT2D eigenvalue weighted by Gasteiger charge is -2.08. The van der Waals surface area contributed by atoms with Gasteiger partial charge in [-0.1, -0.05) is 15.9 Å². The van der Waals surface area contributed by atoms with Gasteiger partial charge in [0, 0.05) is 4.47 Å². The van der Waals surface area contributed by atoms with E-state index in [4.69, 9.17) is 9.47 Å². The molecule has 76 valence electrons. The van der Waals surface area contributed by atoms with Crippen LogP contribution in [0.15, 0.2) is 21.1 Å². The third-order valence-electron chi connectivity index (χ3n) is 2.04. The third-order valence-corrected chi connectivity index (χ3v) is 3.51. The molecule has 1 aromatic rings. The first-order valence-electron chi connectivity index (χ1n) is 4.37. The molecule has 2 rings (SSSR count). The van der Waals surface area contributed by atoms with Gasteiger partial charge < -0.3 is 9.47 Å². The van der Waals surface area contributed by atoms with Crippen molar-refractivity contribution in [1.82, 2.24) is 0 Å². The van der Waals surface area contributed by atoms with Crippen LogP contribution < -0.4 is 4.74 Å². The average molecular weight is 322 g/mol. The van der Waals surface area contributed by atoms with E-state index < -0.39 is 0 Å². The summed E-state index contributed by atoms with van der Waals surface area (Å²) in [7, 11) is 0. The topological polar surface area (TPSA) is 21.8 Å².